The van der Waals surface area contributed by atoms with Crippen molar-refractivity contribution in [3.05, 3.63) is 29.8 Å². The standard InChI is InChI=1S/C15H22N2O3S/c1-16-13-5-6-14(16)10-17(8-7-13)21(19,20)15-4-2-3-12(9-15)11-18/h2-4,9,13-14,18H,5-8,10-11H2,1H3. The molecule has 0 radical (unpaired) electrons. The van der Waals surface area contributed by atoms with Gasteiger partial charge in [-0.15, -0.1) is 0 Å². The summed E-state index contributed by atoms with van der Waals surface area (Å²) in [5.74, 6) is 0. The molecule has 21 heavy (non-hydrogen) atoms. The predicted octanol–water partition coefficient (Wildman–Crippen LogP) is 1.04. The molecule has 2 bridgehead atoms. The number of nitrogens with zero attached hydrogens (tertiary/aromatic N) is 2. The van der Waals surface area contributed by atoms with Gasteiger partial charge in [-0.2, -0.15) is 4.31 Å². The van der Waals surface area contributed by atoms with Crippen molar-refractivity contribution in [2.45, 2.75) is 42.8 Å². The summed E-state index contributed by atoms with van der Waals surface area (Å²) in [6.07, 6.45) is 3.14. The highest BCUT2D eigenvalue weighted by molar-refractivity contribution is 7.89. The van der Waals surface area contributed by atoms with Crippen molar-refractivity contribution >= 4 is 10.0 Å². The second kappa shape index (κ2) is 5.68. The van der Waals surface area contributed by atoms with Gasteiger partial charge in [0.05, 0.1) is 11.5 Å². The first-order valence-corrected chi connectivity index (χ1v) is 8.88. The summed E-state index contributed by atoms with van der Waals surface area (Å²) in [6.45, 7) is 1.01. The first-order chi connectivity index (χ1) is 10.0. The predicted molar refractivity (Wildman–Crippen MR) is 80.3 cm³/mol. The molecule has 5 nitrogen and oxygen atoms in total. The van der Waals surface area contributed by atoms with Gasteiger partial charge in [-0.1, -0.05) is 12.1 Å². The monoisotopic (exact) mass is 310 g/mol. The van der Waals surface area contributed by atoms with Crippen LogP contribution in [0.15, 0.2) is 29.2 Å². The van der Waals surface area contributed by atoms with Crippen molar-refractivity contribution in [1.82, 2.24) is 9.21 Å². The Labute approximate surface area is 126 Å². The minimum Gasteiger partial charge on any atom is -0.392 e. The number of hydrogen-bond donors (Lipinski definition) is 1. The molecule has 0 aliphatic carbocycles. The van der Waals surface area contributed by atoms with E-state index < -0.39 is 10.0 Å². The van der Waals surface area contributed by atoms with E-state index in [1.54, 1.807) is 28.6 Å². The third-order valence-corrected chi connectivity index (χ3v) is 6.69. The van der Waals surface area contributed by atoms with Crippen LogP contribution in [-0.4, -0.2) is 55.0 Å². The number of rotatable bonds is 3. The molecule has 116 valence electrons. The van der Waals surface area contributed by atoms with E-state index in [0.29, 0.717) is 30.7 Å². The van der Waals surface area contributed by atoms with Gasteiger partial charge in [-0.05, 0) is 44.0 Å². The molecule has 2 unspecified atom stereocenters. The fourth-order valence-corrected chi connectivity index (χ4v) is 5.01. The number of hydrogen-bond acceptors (Lipinski definition) is 4. The van der Waals surface area contributed by atoms with E-state index in [0.717, 1.165) is 12.8 Å². The number of likely N-dealkylation sites (N-methyl/N-ethyl adjacent to an activating group) is 1. The number of fused-ring (bicyclic) bond motifs is 2. The molecule has 2 heterocycles. The molecular formula is C15H22N2O3S. The molecular weight excluding hydrogens is 288 g/mol. The Bertz CT molecular complexity index is 617. The Hall–Kier alpha value is -0.950. The van der Waals surface area contributed by atoms with Crippen molar-refractivity contribution in [3.63, 3.8) is 0 Å². The van der Waals surface area contributed by atoms with Crippen LogP contribution in [0.4, 0.5) is 0 Å². The van der Waals surface area contributed by atoms with Gasteiger partial charge in [0.1, 0.15) is 0 Å². The molecule has 2 aliphatic rings. The Kier molecular flexibility index (Phi) is 4.05. The van der Waals surface area contributed by atoms with Gasteiger partial charge in [-0.3, -0.25) is 4.90 Å². The third kappa shape index (κ3) is 2.73. The molecule has 2 atom stereocenters. The fourth-order valence-electron chi connectivity index (χ4n) is 3.45. The van der Waals surface area contributed by atoms with Crippen LogP contribution < -0.4 is 0 Å². The molecule has 2 saturated heterocycles. The topological polar surface area (TPSA) is 60.9 Å². The van der Waals surface area contributed by atoms with E-state index >= 15 is 0 Å². The maximum Gasteiger partial charge on any atom is 0.243 e. The SMILES string of the molecule is CN1C2CCC1CN(S(=O)(=O)c1cccc(CO)c1)CC2. The molecule has 2 fully saturated rings. The van der Waals surface area contributed by atoms with Gasteiger partial charge in [0.25, 0.3) is 0 Å². The Morgan fingerprint density at radius 3 is 2.76 bits per heavy atom. The van der Waals surface area contributed by atoms with Crippen LogP contribution in [0.25, 0.3) is 0 Å². The smallest absolute Gasteiger partial charge is 0.243 e. The Morgan fingerprint density at radius 1 is 1.24 bits per heavy atom. The van der Waals surface area contributed by atoms with Crippen molar-refractivity contribution in [2.75, 3.05) is 20.1 Å². The molecule has 0 saturated carbocycles. The minimum atomic E-state index is -3.47. The molecule has 3 rings (SSSR count). The van der Waals surface area contributed by atoms with Crippen LogP contribution in [0.2, 0.25) is 0 Å². The minimum absolute atomic E-state index is 0.142. The fraction of sp³-hybridized carbons (Fsp3) is 0.600. The summed E-state index contributed by atoms with van der Waals surface area (Å²) in [4.78, 5) is 2.62. The first-order valence-electron chi connectivity index (χ1n) is 7.44. The molecule has 6 heteroatoms. The van der Waals surface area contributed by atoms with Gasteiger partial charge >= 0.3 is 0 Å². The maximum atomic E-state index is 12.8. The van der Waals surface area contributed by atoms with Gasteiger partial charge < -0.3 is 5.11 Å². The van der Waals surface area contributed by atoms with Crippen LogP contribution in [-0.2, 0) is 16.6 Å². The summed E-state index contributed by atoms with van der Waals surface area (Å²) >= 11 is 0. The summed E-state index contributed by atoms with van der Waals surface area (Å²) < 4.78 is 27.2. The average Bonchev–Trinajstić information content (AvgIpc) is 2.71. The van der Waals surface area contributed by atoms with Crippen LogP contribution in [0.1, 0.15) is 24.8 Å². The zero-order valence-electron chi connectivity index (χ0n) is 12.3. The molecule has 2 aliphatic heterocycles. The molecule has 1 N–H and O–H groups in total. The van der Waals surface area contributed by atoms with Crippen LogP contribution >= 0.6 is 0 Å². The normalized spacial score (nSPS) is 27.7. The largest absolute Gasteiger partial charge is 0.392 e. The number of sulfonamides is 1. The maximum absolute atomic E-state index is 12.8. The quantitative estimate of drug-likeness (QED) is 0.906. The number of aliphatic hydroxyl groups excluding tert-OH is 1. The van der Waals surface area contributed by atoms with Crippen molar-refractivity contribution in [2.24, 2.45) is 0 Å². The van der Waals surface area contributed by atoms with Gasteiger partial charge in [0.2, 0.25) is 10.0 Å². The van der Waals surface area contributed by atoms with Crippen molar-refractivity contribution in [3.8, 4) is 0 Å². The number of aliphatic hydroxyl groups is 1. The van der Waals surface area contributed by atoms with E-state index in [9.17, 15) is 13.5 Å². The van der Waals surface area contributed by atoms with Crippen molar-refractivity contribution in [1.29, 1.82) is 0 Å². The lowest BCUT2D eigenvalue weighted by atomic mass is 10.1. The average molecular weight is 310 g/mol. The van der Waals surface area contributed by atoms with E-state index in [1.807, 2.05) is 0 Å². The Morgan fingerprint density at radius 2 is 2.00 bits per heavy atom. The van der Waals surface area contributed by atoms with E-state index in [-0.39, 0.29) is 11.5 Å². The third-order valence-electron chi connectivity index (χ3n) is 4.83. The zero-order valence-corrected chi connectivity index (χ0v) is 13.1. The van der Waals surface area contributed by atoms with Crippen LogP contribution in [0.3, 0.4) is 0 Å². The van der Waals surface area contributed by atoms with Gasteiger partial charge in [0.15, 0.2) is 0 Å². The summed E-state index contributed by atoms with van der Waals surface area (Å²) in [7, 11) is -1.37. The molecule has 0 spiro atoms. The summed E-state index contributed by atoms with van der Waals surface area (Å²) in [5, 5.41) is 9.19. The lowest BCUT2D eigenvalue weighted by Crippen LogP contribution is -2.39. The van der Waals surface area contributed by atoms with Gasteiger partial charge in [0, 0.05) is 25.2 Å². The first kappa shape index (κ1) is 15.0. The number of benzene rings is 1. The molecule has 1 aromatic rings. The highest BCUT2D eigenvalue weighted by atomic mass is 32.2. The van der Waals surface area contributed by atoms with E-state index in [4.69, 9.17) is 0 Å². The second-order valence-electron chi connectivity index (χ2n) is 6.01. The lowest BCUT2D eigenvalue weighted by molar-refractivity contribution is 0.246. The summed E-state index contributed by atoms with van der Waals surface area (Å²) in [5.41, 5.74) is 0.629. The van der Waals surface area contributed by atoms with Gasteiger partial charge in [-0.25, -0.2) is 8.42 Å². The molecule has 0 aromatic heterocycles. The van der Waals surface area contributed by atoms with Crippen LogP contribution in [0, 0.1) is 0 Å². The highest BCUT2D eigenvalue weighted by Gasteiger charge is 2.38. The lowest BCUT2D eigenvalue weighted by Gasteiger charge is -2.25. The van der Waals surface area contributed by atoms with Crippen molar-refractivity contribution < 1.29 is 13.5 Å². The van der Waals surface area contributed by atoms with E-state index in [1.165, 1.54) is 6.42 Å². The Balaban J connectivity index is 1.87. The molecule has 0 amide bonds. The van der Waals surface area contributed by atoms with Crippen LogP contribution in [0.5, 0.6) is 0 Å². The summed E-state index contributed by atoms with van der Waals surface area (Å²) in [6, 6.07) is 7.45. The van der Waals surface area contributed by atoms with E-state index in [2.05, 4.69) is 11.9 Å². The highest BCUT2D eigenvalue weighted by Crippen LogP contribution is 2.31. The zero-order chi connectivity index (χ0) is 15.0. The second-order valence-corrected chi connectivity index (χ2v) is 7.95. The molecule has 1 aromatic carbocycles.